The van der Waals surface area contributed by atoms with Crippen LogP contribution in [0.5, 0.6) is 5.75 Å². The molecule has 1 heterocycles. The molecule has 1 aromatic heterocycles. The largest absolute Gasteiger partial charge is 0.504 e. The molecule has 7 heteroatoms. The summed E-state index contributed by atoms with van der Waals surface area (Å²) in [6, 6.07) is 4.86. The van der Waals surface area contributed by atoms with Crippen LogP contribution in [0.4, 0.5) is 19.1 Å². The molecule has 0 saturated carbocycles. The van der Waals surface area contributed by atoms with E-state index in [4.69, 9.17) is 4.42 Å². The molecule has 0 bridgehead atoms. The number of benzene rings is 1. The first kappa shape index (κ1) is 17.6. The molecule has 0 saturated heterocycles. The van der Waals surface area contributed by atoms with E-state index in [2.05, 4.69) is 5.32 Å². The molecular formula is C16H18F3NO2S. The molecule has 0 spiro atoms. The third-order valence-corrected chi connectivity index (χ3v) is 4.05. The van der Waals surface area contributed by atoms with Gasteiger partial charge < -0.3 is 14.8 Å². The van der Waals surface area contributed by atoms with Crippen LogP contribution < -0.4 is 5.32 Å². The van der Waals surface area contributed by atoms with Crippen LogP contribution in [-0.2, 0) is 12.6 Å². The second-order valence-corrected chi connectivity index (χ2v) is 6.10. The van der Waals surface area contributed by atoms with E-state index in [0.717, 1.165) is 17.9 Å². The third kappa shape index (κ3) is 3.96. The van der Waals surface area contributed by atoms with Crippen molar-refractivity contribution in [3.05, 3.63) is 35.6 Å². The molecule has 2 N–H and O–H groups in total. The Kier molecular flexibility index (Phi) is 5.51. The van der Waals surface area contributed by atoms with E-state index >= 15 is 0 Å². The highest BCUT2D eigenvalue weighted by atomic mass is 32.2. The maximum Gasteiger partial charge on any atom is 0.416 e. The number of alkyl halides is 3. The van der Waals surface area contributed by atoms with Crippen LogP contribution >= 0.6 is 11.8 Å². The number of halogens is 3. The van der Waals surface area contributed by atoms with E-state index in [1.165, 1.54) is 12.1 Å². The van der Waals surface area contributed by atoms with Gasteiger partial charge in [0, 0.05) is 6.42 Å². The molecule has 23 heavy (non-hydrogen) atoms. The highest BCUT2D eigenvalue weighted by Gasteiger charge is 2.31. The molecule has 3 nitrogen and oxygen atoms in total. The number of aromatic hydroxyl groups is 1. The van der Waals surface area contributed by atoms with Crippen LogP contribution in [0.15, 0.2) is 28.7 Å². The van der Waals surface area contributed by atoms with Gasteiger partial charge in [-0.1, -0.05) is 26.0 Å². The second-order valence-electron chi connectivity index (χ2n) is 4.82. The normalized spacial score (nSPS) is 11.7. The van der Waals surface area contributed by atoms with Gasteiger partial charge >= 0.3 is 6.18 Å². The van der Waals surface area contributed by atoms with Gasteiger partial charge in [0.15, 0.2) is 5.75 Å². The first-order valence-electron chi connectivity index (χ1n) is 7.22. The highest BCUT2D eigenvalue weighted by Crippen LogP contribution is 2.43. The molecule has 0 fully saturated rings. The molecular weight excluding hydrogens is 327 g/mol. The second kappa shape index (κ2) is 7.21. The molecule has 0 aliphatic heterocycles. The number of furan rings is 1. The van der Waals surface area contributed by atoms with Gasteiger partial charge in [-0.15, -0.1) is 11.8 Å². The Morgan fingerprint density at radius 3 is 2.61 bits per heavy atom. The average Bonchev–Trinajstić information content (AvgIpc) is 2.83. The Bertz CT molecular complexity index is 668. The lowest BCUT2D eigenvalue weighted by molar-refractivity contribution is -0.137. The predicted octanol–water partition coefficient (Wildman–Crippen LogP) is 5.36. The minimum atomic E-state index is -4.44. The summed E-state index contributed by atoms with van der Waals surface area (Å²) in [5.41, 5.74) is -0.225. The van der Waals surface area contributed by atoms with E-state index in [1.807, 2.05) is 6.92 Å². The molecule has 0 aliphatic carbocycles. The smallest absolute Gasteiger partial charge is 0.416 e. The fourth-order valence-corrected chi connectivity index (χ4v) is 2.61. The van der Waals surface area contributed by atoms with Crippen molar-refractivity contribution in [2.45, 2.75) is 26.4 Å². The number of aryl methyl sites for hydroxylation is 1. The van der Waals surface area contributed by atoms with Crippen LogP contribution in [0.25, 0.3) is 11.1 Å². The van der Waals surface area contributed by atoms with Gasteiger partial charge in [0.25, 0.3) is 0 Å². The molecule has 1 aromatic carbocycles. The van der Waals surface area contributed by atoms with E-state index in [0.29, 0.717) is 23.9 Å². The predicted molar refractivity (Wildman–Crippen MR) is 86.8 cm³/mol. The van der Waals surface area contributed by atoms with Crippen LogP contribution in [0.2, 0.25) is 0 Å². The van der Waals surface area contributed by atoms with E-state index in [1.54, 1.807) is 18.7 Å². The van der Waals surface area contributed by atoms with Crippen molar-refractivity contribution in [3.63, 3.8) is 0 Å². The molecule has 0 radical (unpaired) electrons. The quantitative estimate of drug-likeness (QED) is 0.547. The van der Waals surface area contributed by atoms with Crippen molar-refractivity contribution >= 4 is 17.6 Å². The monoisotopic (exact) mass is 345 g/mol. The minimum absolute atomic E-state index is 0.115. The SMILES string of the molecule is CCSCNc1oc(CC)c(O)c1-c1cccc(C(F)(F)F)c1. The Labute approximate surface area is 136 Å². The molecule has 0 amide bonds. The number of hydrogen-bond donors (Lipinski definition) is 2. The first-order valence-corrected chi connectivity index (χ1v) is 8.37. The topological polar surface area (TPSA) is 45.4 Å². The third-order valence-electron chi connectivity index (χ3n) is 3.29. The number of nitrogens with one attached hydrogen (secondary N) is 1. The van der Waals surface area contributed by atoms with Crippen molar-refractivity contribution in [2.24, 2.45) is 0 Å². The van der Waals surface area contributed by atoms with Crippen molar-refractivity contribution in [1.29, 1.82) is 0 Å². The van der Waals surface area contributed by atoms with Gasteiger partial charge in [-0.05, 0) is 23.4 Å². The Hall–Kier alpha value is -1.76. The Balaban J connectivity index is 2.47. The summed E-state index contributed by atoms with van der Waals surface area (Å²) in [5.74, 6) is 1.95. The molecule has 0 atom stereocenters. The summed E-state index contributed by atoms with van der Waals surface area (Å²) in [7, 11) is 0. The van der Waals surface area contributed by atoms with E-state index in [-0.39, 0.29) is 16.9 Å². The van der Waals surface area contributed by atoms with Crippen molar-refractivity contribution in [1.82, 2.24) is 0 Å². The van der Waals surface area contributed by atoms with Crippen LogP contribution in [0.1, 0.15) is 25.2 Å². The number of thioether (sulfide) groups is 1. The van der Waals surface area contributed by atoms with Crippen molar-refractivity contribution in [2.75, 3.05) is 16.9 Å². The van der Waals surface area contributed by atoms with Crippen LogP contribution in [-0.4, -0.2) is 16.7 Å². The van der Waals surface area contributed by atoms with Gasteiger partial charge in [-0.25, -0.2) is 0 Å². The zero-order valence-corrected chi connectivity index (χ0v) is 13.6. The molecule has 0 unspecified atom stereocenters. The summed E-state index contributed by atoms with van der Waals surface area (Å²) in [6.07, 6.45) is -3.99. The zero-order valence-electron chi connectivity index (χ0n) is 12.8. The van der Waals surface area contributed by atoms with E-state index in [9.17, 15) is 18.3 Å². The van der Waals surface area contributed by atoms with Crippen molar-refractivity contribution in [3.8, 4) is 16.9 Å². The van der Waals surface area contributed by atoms with Gasteiger partial charge in [0.2, 0.25) is 5.88 Å². The molecule has 2 rings (SSSR count). The minimum Gasteiger partial charge on any atom is -0.504 e. The van der Waals surface area contributed by atoms with Crippen LogP contribution in [0.3, 0.4) is 0 Å². The lowest BCUT2D eigenvalue weighted by Gasteiger charge is -2.10. The van der Waals surface area contributed by atoms with Crippen molar-refractivity contribution < 1.29 is 22.7 Å². The number of rotatable bonds is 6. The highest BCUT2D eigenvalue weighted by molar-refractivity contribution is 7.99. The van der Waals surface area contributed by atoms with E-state index < -0.39 is 11.7 Å². The Morgan fingerprint density at radius 1 is 1.26 bits per heavy atom. The fraction of sp³-hybridized carbons (Fsp3) is 0.375. The Morgan fingerprint density at radius 2 is 2.00 bits per heavy atom. The van der Waals surface area contributed by atoms with Gasteiger partial charge in [0.05, 0.1) is 17.0 Å². The van der Waals surface area contributed by atoms with Gasteiger partial charge in [-0.3, -0.25) is 0 Å². The molecule has 2 aromatic rings. The first-order chi connectivity index (χ1) is 10.9. The number of hydrogen-bond acceptors (Lipinski definition) is 4. The summed E-state index contributed by atoms with van der Waals surface area (Å²) in [6.45, 7) is 3.80. The maximum atomic E-state index is 12.9. The molecule has 0 aliphatic rings. The number of anilines is 1. The summed E-state index contributed by atoms with van der Waals surface area (Å²) in [4.78, 5) is 0. The fourth-order valence-electron chi connectivity index (χ4n) is 2.17. The van der Waals surface area contributed by atoms with Gasteiger partial charge in [0.1, 0.15) is 5.76 Å². The summed E-state index contributed by atoms with van der Waals surface area (Å²) >= 11 is 1.60. The lowest BCUT2D eigenvalue weighted by atomic mass is 10.0. The summed E-state index contributed by atoms with van der Waals surface area (Å²) < 4.78 is 44.3. The lowest BCUT2D eigenvalue weighted by Crippen LogP contribution is -2.04. The van der Waals surface area contributed by atoms with Gasteiger partial charge in [-0.2, -0.15) is 13.2 Å². The maximum absolute atomic E-state index is 12.9. The zero-order chi connectivity index (χ0) is 17.0. The molecule has 126 valence electrons. The average molecular weight is 345 g/mol. The summed E-state index contributed by atoms with van der Waals surface area (Å²) in [5, 5.41) is 13.3. The standard InChI is InChI=1S/C16H18F3NO2S/c1-3-12-14(21)13(15(22-12)20-9-23-4-2)10-6-5-7-11(8-10)16(17,18)19/h5-8,20-21H,3-4,9H2,1-2H3. The van der Waals surface area contributed by atoms with Crippen LogP contribution in [0, 0.1) is 0 Å².